The van der Waals surface area contributed by atoms with Gasteiger partial charge in [-0.25, -0.2) is 14.1 Å². The number of carbonyl (C=O) groups excluding carboxylic acids is 3. The van der Waals surface area contributed by atoms with Crippen LogP contribution in [0.4, 0.5) is 14.9 Å². The number of anilines is 1. The molecule has 0 unspecified atom stereocenters. The number of amides is 4. The van der Waals surface area contributed by atoms with Crippen LogP contribution in [0.1, 0.15) is 23.6 Å². The van der Waals surface area contributed by atoms with Crippen molar-refractivity contribution < 1.29 is 33.4 Å². The monoisotopic (exact) mass is 516 g/mol. The van der Waals surface area contributed by atoms with Gasteiger partial charge in [-0.15, -0.1) is 6.58 Å². The lowest BCUT2D eigenvalue weighted by molar-refractivity contribution is -0.122. The number of aromatic hydroxyl groups is 1. The summed E-state index contributed by atoms with van der Waals surface area (Å²) in [5.74, 6) is -1.39. The summed E-state index contributed by atoms with van der Waals surface area (Å²) >= 11 is 0. The lowest BCUT2D eigenvalue weighted by Crippen LogP contribution is -2.54. The molecule has 1 fully saturated rings. The molecule has 0 radical (unpaired) electrons. The van der Waals surface area contributed by atoms with Crippen molar-refractivity contribution >= 4 is 29.6 Å². The Morgan fingerprint density at radius 3 is 2.45 bits per heavy atom. The molecule has 8 nitrogen and oxygen atoms in total. The number of nitrogens with zero attached hydrogens (tertiary/aromatic N) is 1. The van der Waals surface area contributed by atoms with Crippen molar-refractivity contribution in [3.8, 4) is 17.2 Å². The van der Waals surface area contributed by atoms with E-state index >= 15 is 0 Å². The lowest BCUT2D eigenvalue weighted by Gasteiger charge is -2.26. The fraction of sp³-hybridized carbons (Fsp3) is 0.138. The number of hydrogen-bond acceptors (Lipinski definition) is 6. The van der Waals surface area contributed by atoms with Crippen LogP contribution in [0.15, 0.2) is 78.9 Å². The molecule has 2 N–H and O–H groups in total. The second-order valence-corrected chi connectivity index (χ2v) is 8.29. The summed E-state index contributed by atoms with van der Waals surface area (Å²) in [6.07, 6.45) is 3.37. The number of nitrogens with one attached hydrogen (secondary N) is 1. The zero-order valence-corrected chi connectivity index (χ0v) is 20.6. The van der Waals surface area contributed by atoms with Gasteiger partial charge in [0.25, 0.3) is 11.8 Å². The highest BCUT2D eigenvalue weighted by Crippen LogP contribution is 2.36. The molecular weight excluding hydrogens is 491 g/mol. The second kappa shape index (κ2) is 11.4. The van der Waals surface area contributed by atoms with Crippen molar-refractivity contribution in [3.63, 3.8) is 0 Å². The SMILES string of the molecule is C=CCc1cc(/C=C2\C(=O)NC(=O)N(c3ccc(O)cc3)C2=O)cc(OCC)c1OCc1ccccc1F. The first kappa shape index (κ1) is 26.2. The Balaban J connectivity index is 1.72. The maximum absolute atomic E-state index is 14.1. The number of hydrogen-bond donors (Lipinski definition) is 2. The first-order valence-corrected chi connectivity index (χ1v) is 11.8. The van der Waals surface area contributed by atoms with E-state index in [2.05, 4.69) is 11.9 Å². The van der Waals surface area contributed by atoms with Crippen LogP contribution in [0.5, 0.6) is 17.2 Å². The molecule has 0 atom stereocenters. The normalized spacial score (nSPS) is 14.4. The molecule has 1 aliphatic rings. The Morgan fingerprint density at radius 2 is 1.76 bits per heavy atom. The van der Waals surface area contributed by atoms with Crippen molar-refractivity contribution in [2.24, 2.45) is 0 Å². The number of halogens is 1. The van der Waals surface area contributed by atoms with Crippen LogP contribution in [0, 0.1) is 5.82 Å². The molecule has 38 heavy (non-hydrogen) atoms. The van der Waals surface area contributed by atoms with E-state index in [4.69, 9.17) is 9.47 Å². The fourth-order valence-electron chi connectivity index (χ4n) is 3.93. The number of benzene rings is 3. The first-order chi connectivity index (χ1) is 18.3. The van der Waals surface area contributed by atoms with E-state index in [-0.39, 0.29) is 23.6 Å². The third-order valence-electron chi connectivity index (χ3n) is 5.67. The molecule has 3 aromatic carbocycles. The van der Waals surface area contributed by atoms with Gasteiger partial charge in [0.1, 0.15) is 23.7 Å². The van der Waals surface area contributed by atoms with E-state index in [9.17, 15) is 23.9 Å². The van der Waals surface area contributed by atoms with Gasteiger partial charge in [-0.2, -0.15) is 0 Å². The molecule has 0 aromatic heterocycles. The number of rotatable bonds is 9. The van der Waals surface area contributed by atoms with Crippen LogP contribution in [-0.2, 0) is 22.6 Å². The Hall–Kier alpha value is -4.92. The smallest absolute Gasteiger partial charge is 0.335 e. The minimum absolute atomic E-state index is 0.0398. The summed E-state index contributed by atoms with van der Waals surface area (Å²) in [7, 11) is 0. The van der Waals surface area contributed by atoms with Gasteiger partial charge < -0.3 is 14.6 Å². The molecular formula is C29H25FN2O6. The zero-order chi connectivity index (χ0) is 27.2. The number of phenolic OH excluding ortho intramolecular Hbond substituents is 1. The van der Waals surface area contributed by atoms with Crippen LogP contribution >= 0.6 is 0 Å². The molecule has 0 saturated carbocycles. The van der Waals surface area contributed by atoms with Gasteiger partial charge in [0.2, 0.25) is 0 Å². The van der Waals surface area contributed by atoms with Gasteiger partial charge in [-0.1, -0.05) is 24.3 Å². The zero-order valence-electron chi connectivity index (χ0n) is 20.6. The molecule has 1 saturated heterocycles. The van der Waals surface area contributed by atoms with E-state index in [1.165, 1.54) is 36.4 Å². The third-order valence-corrected chi connectivity index (χ3v) is 5.67. The number of allylic oxidation sites excluding steroid dienone is 1. The van der Waals surface area contributed by atoms with Crippen molar-refractivity contribution in [1.82, 2.24) is 5.32 Å². The van der Waals surface area contributed by atoms with E-state index in [1.54, 1.807) is 43.3 Å². The molecule has 0 spiro atoms. The van der Waals surface area contributed by atoms with Crippen LogP contribution in [0.2, 0.25) is 0 Å². The second-order valence-electron chi connectivity index (χ2n) is 8.29. The quantitative estimate of drug-likeness (QED) is 0.238. The number of imide groups is 2. The maximum atomic E-state index is 14.1. The number of barbiturate groups is 1. The van der Waals surface area contributed by atoms with Crippen molar-refractivity contribution in [3.05, 3.63) is 101 Å². The predicted octanol–water partition coefficient (Wildman–Crippen LogP) is 4.90. The van der Waals surface area contributed by atoms with Crippen molar-refractivity contribution in [2.75, 3.05) is 11.5 Å². The lowest BCUT2D eigenvalue weighted by atomic mass is 10.0. The van der Waals surface area contributed by atoms with Crippen molar-refractivity contribution in [2.45, 2.75) is 20.0 Å². The summed E-state index contributed by atoms with van der Waals surface area (Å²) in [5, 5.41) is 11.7. The highest BCUT2D eigenvalue weighted by Gasteiger charge is 2.37. The molecule has 1 aliphatic heterocycles. The Bertz CT molecular complexity index is 1430. The topological polar surface area (TPSA) is 105 Å². The Kier molecular flexibility index (Phi) is 7.86. The predicted molar refractivity (Wildman–Crippen MR) is 139 cm³/mol. The molecule has 1 heterocycles. The molecule has 4 amide bonds. The third kappa shape index (κ3) is 5.57. The molecule has 3 aromatic rings. The largest absolute Gasteiger partial charge is 0.508 e. The van der Waals surface area contributed by atoms with Crippen LogP contribution < -0.4 is 19.7 Å². The average molecular weight is 517 g/mol. The Morgan fingerprint density at radius 1 is 1.03 bits per heavy atom. The summed E-state index contributed by atoms with van der Waals surface area (Å²) in [5.41, 5.74) is 1.37. The summed E-state index contributed by atoms with van der Waals surface area (Å²) in [6, 6.07) is 14.1. The number of phenols is 1. The van der Waals surface area contributed by atoms with Gasteiger partial charge in [0.15, 0.2) is 11.5 Å². The minimum Gasteiger partial charge on any atom is -0.508 e. The number of ether oxygens (including phenoxy) is 2. The van der Waals surface area contributed by atoms with E-state index < -0.39 is 23.7 Å². The molecule has 4 rings (SSSR count). The standard InChI is InChI=1S/C29H25FN2O6/c1-3-7-19-14-18(16-25(37-4-2)26(19)38-17-20-8-5-6-9-24(20)30)15-23-27(34)31-29(36)32(28(23)35)21-10-12-22(33)13-11-21/h3,5-6,8-16,33H,1,4,7,17H2,2H3,(H,31,34,36)/b23-15+. The molecule has 0 aliphatic carbocycles. The van der Waals surface area contributed by atoms with Crippen LogP contribution in [-0.4, -0.2) is 29.6 Å². The highest BCUT2D eigenvalue weighted by molar-refractivity contribution is 6.39. The number of carbonyl (C=O) groups is 3. The molecule has 194 valence electrons. The van der Waals surface area contributed by atoms with Crippen LogP contribution in [0.3, 0.4) is 0 Å². The first-order valence-electron chi connectivity index (χ1n) is 11.8. The van der Waals surface area contributed by atoms with Gasteiger partial charge in [-0.05, 0) is 67.4 Å². The van der Waals surface area contributed by atoms with E-state index in [0.717, 1.165) is 4.90 Å². The van der Waals surface area contributed by atoms with Crippen molar-refractivity contribution in [1.29, 1.82) is 0 Å². The van der Waals surface area contributed by atoms with Gasteiger partial charge in [0, 0.05) is 11.1 Å². The van der Waals surface area contributed by atoms with E-state index in [0.29, 0.717) is 41.2 Å². The average Bonchev–Trinajstić information content (AvgIpc) is 2.88. The maximum Gasteiger partial charge on any atom is 0.335 e. The Labute approximate surface area is 218 Å². The summed E-state index contributed by atoms with van der Waals surface area (Å²) < 4.78 is 25.9. The van der Waals surface area contributed by atoms with Gasteiger partial charge in [-0.3, -0.25) is 14.9 Å². The van der Waals surface area contributed by atoms with Crippen LogP contribution in [0.25, 0.3) is 6.08 Å². The number of urea groups is 1. The molecule has 0 bridgehead atoms. The van der Waals surface area contributed by atoms with Gasteiger partial charge >= 0.3 is 6.03 Å². The minimum atomic E-state index is -0.901. The molecule has 9 heteroatoms. The fourth-order valence-corrected chi connectivity index (χ4v) is 3.93. The summed E-state index contributed by atoms with van der Waals surface area (Å²) in [4.78, 5) is 39.1. The summed E-state index contributed by atoms with van der Waals surface area (Å²) in [6.45, 7) is 5.83. The van der Waals surface area contributed by atoms with E-state index in [1.807, 2.05) is 0 Å². The highest BCUT2D eigenvalue weighted by atomic mass is 19.1. The van der Waals surface area contributed by atoms with Gasteiger partial charge in [0.05, 0.1) is 12.3 Å².